The molecule has 0 aliphatic heterocycles. The maximum Gasteiger partial charge on any atom is -0.172 e. The number of halogens is 4. The molecule has 56 heavy (non-hydrogen) atoms. The van der Waals surface area contributed by atoms with Gasteiger partial charge in [-0.1, -0.05) is 131 Å². The minimum Gasteiger partial charge on any atom is -1.00 e. The molecule has 1 aliphatic rings. The van der Waals surface area contributed by atoms with Crippen LogP contribution in [-0.4, -0.2) is 3.26 Å². The molecule has 5 heteroatoms. The summed E-state index contributed by atoms with van der Waals surface area (Å²) in [6.45, 7) is 13.9. The van der Waals surface area contributed by atoms with Crippen LogP contribution >= 0.6 is 23.2 Å². The molecule has 7 aromatic rings. The SMILES string of the molecule is CC(C)(C)c1cc2c([c-]c1-c1ccccc1)Cc1cc(-c3ccccc3)c(C(C)(C)C)cc1-2.Clc1ccc([C](=[Hf+2])c2ccc(Cl)cc2)cc1.[Cl-].[Cl-].c1cc[cH-]c1. The maximum absolute atomic E-state index is 5.87. The van der Waals surface area contributed by atoms with Crippen LogP contribution in [0.5, 0.6) is 0 Å². The van der Waals surface area contributed by atoms with Crippen LogP contribution in [0.25, 0.3) is 33.4 Å². The van der Waals surface area contributed by atoms with Crippen molar-refractivity contribution in [3.8, 4) is 33.4 Å². The zero-order valence-corrected chi connectivity index (χ0v) is 39.3. The van der Waals surface area contributed by atoms with E-state index in [1.807, 2.05) is 54.6 Å². The number of hydrogen-bond donors (Lipinski definition) is 0. The summed E-state index contributed by atoms with van der Waals surface area (Å²) < 4.78 is 1.35. The molecule has 0 heterocycles. The summed E-state index contributed by atoms with van der Waals surface area (Å²) in [7, 11) is 0. The Morgan fingerprint density at radius 3 is 1.46 bits per heavy atom. The minimum atomic E-state index is 0. The average molecular weight is 979 g/mol. The monoisotopic (exact) mass is 978 g/mol. The summed E-state index contributed by atoms with van der Waals surface area (Å²) in [6, 6.07) is 58.7. The molecule has 0 unspecified atom stereocenters. The van der Waals surface area contributed by atoms with Crippen molar-refractivity contribution in [2.24, 2.45) is 0 Å². The number of hydrogen-bond acceptors (Lipinski definition) is 0. The Balaban J connectivity index is 0.000000252. The standard InChI is InChI=1S/C33H33.C13H8Cl2.C5H5.2ClH.Hf/c1-32(2,3)30-20-26-24(18-28(30)22-13-9-7-10-14-22)17-25-19-29(23-15-11-8-12-16-23)31(21-27(25)26)33(4,5)6;14-12-5-1-10(2-6-12)9-11-3-7-13(15)8-4-11;1-2-4-5-3-1;;;/h7-16,18,20-21H,17H2,1-6H3;1-8H;1-5H;2*1H;/q-1;;-1;;;+2/p-2. The second-order valence-corrected chi connectivity index (χ2v) is 18.4. The van der Waals surface area contributed by atoms with Crippen molar-refractivity contribution >= 4 is 26.5 Å². The summed E-state index contributed by atoms with van der Waals surface area (Å²) in [5, 5.41) is 1.55. The van der Waals surface area contributed by atoms with Gasteiger partial charge in [0, 0.05) is 0 Å². The van der Waals surface area contributed by atoms with Gasteiger partial charge >= 0.3 is 120 Å². The molecule has 0 N–H and O–H groups in total. The molecule has 0 saturated heterocycles. The first-order chi connectivity index (χ1) is 25.8. The average Bonchev–Trinajstić information content (AvgIpc) is 3.86. The van der Waals surface area contributed by atoms with E-state index in [1.54, 1.807) is 0 Å². The fourth-order valence-corrected chi connectivity index (χ4v) is 8.27. The molecule has 0 amide bonds. The normalized spacial score (nSPS) is 11.3. The van der Waals surface area contributed by atoms with Crippen molar-refractivity contribution < 1.29 is 48.7 Å². The molecule has 284 valence electrons. The molecule has 0 fully saturated rings. The first-order valence-corrected chi connectivity index (χ1v) is 21.0. The van der Waals surface area contributed by atoms with Gasteiger partial charge in [-0.3, -0.25) is 0 Å². The van der Waals surface area contributed by atoms with E-state index in [2.05, 4.69) is 151 Å². The van der Waals surface area contributed by atoms with E-state index in [0.29, 0.717) is 0 Å². The van der Waals surface area contributed by atoms with Crippen molar-refractivity contribution in [2.45, 2.75) is 58.8 Å². The Bertz CT molecular complexity index is 2140. The van der Waals surface area contributed by atoms with E-state index in [1.165, 1.54) is 70.0 Å². The molecule has 0 saturated carbocycles. The molecule has 0 spiro atoms. The molecule has 1 aliphatic carbocycles. The summed E-state index contributed by atoms with van der Waals surface area (Å²) in [5.74, 6) is 0. The molecule has 8 rings (SSSR count). The van der Waals surface area contributed by atoms with Crippen molar-refractivity contribution in [3.05, 3.63) is 207 Å². The smallest absolute Gasteiger partial charge is 0.172 e. The van der Waals surface area contributed by atoms with Gasteiger partial charge in [0.25, 0.3) is 0 Å². The summed E-state index contributed by atoms with van der Waals surface area (Å²) >= 11 is 12.7. The second kappa shape index (κ2) is 19.8. The van der Waals surface area contributed by atoms with Crippen molar-refractivity contribution in [1.82, 2.24) is 0 Å². The Hall–Kier alpha value is -3.43. The van der Waals surface area contributed by atoms with Crippen LogP contribution in [-0.2, 0) is 41.1 Å². The van der Waals surface area contributed by atoms with Crippen LogP contribution in [0.1, 0.15) is 74.9 Å². The van der Waals surface area contributed by atoms with Gasteiger partial charge < -0.3 is 24.8 Å². The molecule has 7 aromatic carbocycles. The first-order valence-electron chi connectivity index (χ1n) is 18.4. The minimum absolute atomic E-state index is 0. The fourth-order valence-electron chi connectivity index (χ4n) is 6.82. The maximum atomic E-state index is 5.87. The van der Waals surface area contributed by atoms with Gasteiger partial charge in [-0.25, -0.2) is 12.1 Å². The van der Waals surface area contributed by atoms with Crippen LogP contribution in [0, 0.1) is 6.07 Å². The molecular weight excluding hydrogens is 933 g/mol. The van der Waals surface area contributed by atoms with Crippen molar-refractivity contribution in [1.29, 1.82) is 0 Å². The molecule has 0 radical (unpaired) electrons. The van der Waals surface area contributed by atoms with Gasteiger partial charge in [0.05, 0.1) is 0 Å². The second-order valence-electron chi connectivity index (χ2n) is 15.8. The first kappa shape index (κ1) is 45.3. The number of benzene rings is 6. The van der Waals surface area contributed by atoms with Gasteiger partial charge in [0.15, 0.2) is 0 Å². The topological polar surface area (TPSA) is 0 Å². The van der Waals surface area contributed by atoms with Crippen LogP contribution in [0.3, 0.4) is 0 Å². The zero-order chi connectivity index (χ0) is 38.5. The predicted molar refractivity (Wildman–Crippen MR) is 230 cm³/mol. The fraction of sp³-hybridized carbons (Fsp3) is 0.176. The molecular formula is C51H46Cl4Hf-2. The van der Waals surface area contributed by atoms with Crippen molar-refractivity contribution in [3.63, 3.8) is 0 Å². The Morgan fingerprint density at radius 2 is 1.02 bits per heavy atom. The summed E-state index contributed by atoms with van der Waals surface area (Å²) in [5.41, 5.74) is 16.0. The van der Waals surface area contributed by atoms with Gasteiger partial charge in [-0.05, 0) is 39.5 Å². The van der Waals surface area contributed by atoms with E-state index < -0.39 is 0 Å². The van der Waals surface area contributed by atoms with Gasteiger partial charge in [-0.2, -0.15) is 18.2 Å². The van der Waals surface area contributed by atoms with Crippen molar-refractivity contribution in [2.75, 3.05) is 0 Å². The van der Waals surface area contributed by atoms with E-state index in [4.69, 9.17) is 23.2 Å². The van der Waals surface area contributed by atoms with E-state index >= 15 is 0 Å². The zero-order valence-electron chi connectivity index (χ0n) is 32.7. The van der Waals surface area contributed by atoms with E-state index in [0.717, 1.165) is 40.4 Å². The summed E-state index contributed by atoms with van der Waals surface area (Å²) in [6.07, 6.45) is 0.944. The molecule has 0 aromatic heterocycles. The Morgan fingerprint density at radius 1 is 0.554 bits per heavy atom. The molecule has 0 nitrogen and oxygen atoms in total. The van der Waals surface area contributed by atoms with Gasteiger partial charge in [-0.15, -0.1) is 28.8 Å². The van der Waals surface area contributed by atoms with E-state index in [-0.39, 0.29) is 35.6 Å². The molecule has 0 bridgehead atoms. The third-order valence-corrected chi connectivity index (χ3v) is 12.2. The van der Waals surface area contributed by atoms with Gasteiger partial charge in [0.1, 0.15) is 0 Å². The summed E-state index contributed by atoms with van der Waals surface area (Å²) in [4.78, 5) is 0. The third kappa shape index (κ3) is 11.1. The van der Waals surface area contributed by atoms with Crippen LogP contribution in [0.2, 0.25) is 10.0 Å². The molecule has 0 atom stereocenters. The predicted octanol–water partition coefficient (Wildman–Crippen LogP) is 8.51. The largest absolute Gasteiger partial charge is 1.00 e. The van der Waals surface area contributed by atoms with Crippen LogP contribution in [0.15, 0.2) is 158 Å². The number of fused-ring (bicyclic) bond motifs is 3. The van der Waals surface area contributed by atoms with Crippen LogP contribution in [0.4, 0.5) is 0 Å². The van der Waals surface area contributed by atoms with Gasteiger partial charge in [0.2, 0.25) is 0 Å². The van der Waals surface area contributed by atoms with Crippen LogP contribution < -0.4 is 24.8 Å². The quantitative estimate of drug-likeness (QED) is 0.123. The number of rotatable bonds is 4. The Labute approximate surface area is 371 Å². The third-order valence-electron chi connectivity index (χ3n) is 9.64. The Kier molecular flexibility index (Phi) is 16.0. The van der Waals surface area contributed by atoms with E-state index in [9.17, 15) is 0 Å².